The van der Waals surface area contributed by atoms with E-state index in [0.29, 0.717) is 11.3 Å². The first-order chi connectivity index (χ1) is 17.0. The van der Waals surface area contributed by atoms with E-state index in [1.165, 1.54) is 37.8 Å². The normalized spacial score (nSPS) is 16.4. The molecule has 5 rings (SSSR count). The van der Waals surface area contributed by atoms with Crippen molar-refractivity contribution in [2.75, 3.05) is 5.32 Å². The van der Waals surface area contributed by atoms with E-state index in [4.69, 9.17) is 9.47 Å². The Balaban J connectivity index is 1.35. The standard InChI is InChI=1S/C29H29BrFNO3/c30-26-17-20(11-15-28(26)35-24-7-3-4-8-24)29(33)32-22-14-16-27(34-23-5-1-2-6-23)25(18-22)19-9-12-21(31)13-10-19/h9-18,23-24H,1-8H2,(H,32,33). The van der Waals surface area contributed by atoms with E-state index in [1.807, 2.05) is 24.3 Å². The topological polar surface area (TPSA) is 47.6 Å². The molecule has 0 heterocycles. The highest BCUT2D eigenvalue weighted by Crippen LogP contribution is 2.36. The van der Waals surface area contributed by atoms with Crippen LogP contribution in [0.15, 0.2) is 65.1 Å². The minimum absolute atomic E-state index is 0.192. The fourth-order valence-electron chi connectivity index (χ4n) is 4.88. The third-order valence-electron chi connectivity index (χ3n) is 6.78. The zero-order chi connectivity index (χ0) is 24.2. The average Bonchev–Trinajstić information content (AvgIpc) is 3.56. The van der Waals surface area contributed by atoms with Crippen molar-refractivity contribution in [2.45, 2.75) is 63.6 Å². The summed E-state index contributed by atoms with van der Waals surface area (Å²) in [5, 5.41) is 2.99. The first-order valence-corrected chi connectivity index (χ1v) is 13.2. The molecule has 0 unspecified atom stereocenters. The first kappa shape index (κ1) is 23.9. The summed E-state index contributed by atoms with van der Waals surface area (Å²) in [5.41, 5.74) is 2.85. The molecule has 6 heteroatoms. The lowest BCUT2D eigenvalue weighted by atomic mass is 10.0. The van der Waals surface area contributed by atoms with Gasteiger partial charge in [-0.1, -0.05) is 12.1 Å². The Morgan fingerprint density at radius 3 is 2.03 bits per heavy atom. The minimum Gasteiger partial charge on any atom is -0.490 e. The van der Waals surface area contributed by atoms with E-state index in [2.05, 4.69) is 21.2 Å². The molecule has 3 aromatic rings. The number of ether oxygens (including phenoxy) is 2. The summed E-state index contributed by atoms with van der Waals surface area (Å²) in [6, 6.07) is 17.4. The predicted molar refractivity (Wildman–Crippen MR) is 140 cm³/mol. The van der Waals surface area contributed by atoms with E-state index >= 15 is 0 Å². The maximum atomic E-state index is 13.5. The fourth-order valence-corrected chi connectivity index (χ4v) is 5.35. The Hall–Kier alpha value is -2.86. The average molecular weight is 538 g/mol. The summed E-state index contributed by atoms with van der Waals surface area (Å²) in [4.78, 5) is 13.0. The van der Waals surface area contributed by atoms with Crippen LogP contribution in [0.5, 0.6) is 11.5 Å². The van der Waals surface area contributed by atoms with Crippen LogP contribution in [0.2, 0.25) is 0 Å². The van der Waals surface area contributed by atoms with Crippen molar-refractivity contribution in [3.05, 3.63) is 76.5 Å². The molecule has 0 aromatic heterocycles. The number of rotatable bonds is 7. The van der Waals surface area contributed by atoms with Crippen molar-refractivity contribution in [1.82, 2.24) is 0 Å². The van der Waals surface area contributed by atoms with Gasteiger partial charge in [0, 0.05) is 16.8 Å². The van der Waals surface area contributed by atoms with Crippen LogP contribution in [0.25, 0.3) is 11.1 Å². The van der Waals surface area contributed by atoms with Crippen molar-refractivity contribution in [1.29, 1.82) is 0 Å². The molecule has 2 aliphatic carbocycles. The Kier molecular flexibility index (Phi) is 7.37. The molecule has 1 amide bonds. The minimum atomic E-state index is -0.289. The number of carbonyl (C=O) groups excluding carboxylic acids is 1. The van der Waals surface area contributed by atoms with Crippen molar-refractivity contribution < 1.29 is 18.7 Å². The fraction of sp³-hybridized carbons (Fsp3) is 0.345. The van der Waals surface area contributed by atoms with Crippen LogP contribution in [0.1, 0.15) is 61.7 Å². The summed E-state index contributed by atoms with van der Waals surface area (Å²) in [6.45, 7) is 0. The monoisotopic (exact) mass is 537 g/mol. The second-order valence-corrected chi connectivity index (χ2v) is 10.2. The molecule has 1 N–H and O–H groups in total. The largest absolute Gasteiger partial charge is 0.490 e. The van der Waals surface area contributed by atoms with Gasteiger partial charge in [0.05, 0.1) is 16.7 Å². The maximum Gasteiger partial charge on any atom is 0.255 e. The molecule has 0 atom stereocenters. The summed E-state index contributed by atoms with van der Waals surface area (Å²) in [5.74, 6) is 1.01. The highest BCUT2D eigenvalue weighted by Gasteiger charge is 2.20. The van der Waals surface area contributed by atoms with Crippen LogP contribution in [0.4, 0.5) is 10.1 Å². The number of anilines is 1. The highest BCUT2D eigenvalue weighted by molar-refractivity contribution is 9.10. The van der Waals surface area contributed by atoms with Crippen LogP contribution in [0, 0.1) is 5.82 Å². The second-order valence-electron chi connectivity index (χ2n) is 9.37. The lowest BCUT2D eigenvalue weighted by Gasteiger charge is -2.18. The highest BCUT2D eigenvalue weighted by atomic mass is 79.9. The van der Waals surface area contributed by atoms with Crippen LogP contribution in [-0.2, 0) is 0 Å². The summed E-state index contributed by atoms with van der Waals surface area (Å²) < 4.78 is 26.7. The lowest BCUT2D eigenvalue weighted by molar-refractivity contribution is 0.102. The smallest absolute Gasteiger partial charge is 0.255 e. The zero-order valence-corrected chi connectivity index (χ0v) is 21.2. The van der Waals surface area contributed by atoms with Crippen molar-refractivity contribution in [3.63, 3.8) is 0 Å². The number of carbonyl (C=O) groups is 1. The molecular formula is C29H29BrFNO3. The molecule has 0 saturated heterocycles. The number of halogens is 2. The van der Waals surface area contributed by atoms with Gasteiger partial charge in [-0.25, -0.2) is 4.39 Å². The van der Waals surface area contributed by atoms with E-state index in [9.17, 15) is 9.18 Å². The quantitative estimate of drug-likeness (QED) is 0.330. The number of hydrogen-bond acceptors (Lipinski definition) is 3. The van der Waals surface area contributed by atoms with E-state index in [0.717, 1.165) is 52.8 Å². The lowest BCUT2D eigenvalue weighted by Crippen LogP contribution is -2.14. The summed E-state index contributed by atoms with van der Waals surface area (Å²) in [6.07, 6.45) is 9.41. The Morgan fingerprint density at radius 2 is 1.40 bits per heavy atom. The third-order valence-corrected chi connectivity index (χ3v) is 7.40. The maximum absolute atomic E-state index is 13.5. The van der Waals surface area contributed by atoms with Gasteiger partial charge in [0.1, 0.15) is 17.3 Å². The summed E-state index contributed by atoms with van der Waals surface area (Å²) >= 11 is 3.56. The molecule has 182 valence electrons. The van der Waals surface area contributed by atoms with Gasteiger partial charge in [-0.15, -0.1) is 0 Å². The predicted octanol–water partition coefficient (Wildman–Crippen LogP) is 8.15. The van der Waals surface area contributed by atoms with Gasteiger partial charge in [0.2, 0.25) is 0 Å². The van der Waals surface area contributed by atoms with Gasteiger partial charge in [0.15, 0.2) is 0 Å². The molecule has 0 spiro atoms. The van der Waals surface area contributed by atoms with Gasteiger partial charge in [0.25, 0.3) is 5.91 Å². The molecule has 0 radical (unpaired) electrons. The number of nitrogens with one attached hydrogen (secondary N) is 1. The van der Waals surface area contributed by atoms with Crippen LogP contribution < -0.4 is 14.8 Å². The van der Waals surface area contributed by atoms with Gasteiger partial charge in [-0.3, -0.25) is 4.79 Å². The SMILES string of the molecule is O=C(Nc1ccc(OC2CCCC2)c(-c2ccc(F)cc2)c1)c1ccc(OC2CCCC2)c(Br)c1. The summed E-state index contributed by atoms with van der Waals surface area (Å²) in [7, 11) is 0. The Bertz CT molecular complexity index is 1190. The number of amides is 1. The van der Waals surface area contributed by atoms with Crippen LogP contribution >= 0.6 is 15.9 Å². The number of benzene rings is 3. The molecule has 3 aromatic carbocycles. The molecule has 35 heavy (non-hydrogen) atoms. The first-order valence-electron chi connectivity index (χ1n) is 12.4. The Labute approximate surface area is 214 Å². The van der Waals surface area contributed by atoms with Crippen LogP contribution in [-0.4, -0.2) is 18.1 Å². The van der Waals surface area contributed by atoms with Gasteiger partial charge in [-0.2, -0.15) is 0 Å². The molecule has 4 nitrogen and oxygen atoms in total. The van der Waals surface area contributed by atoms with Crippen molar-refractivity contribution >= 4 is 27.5 Å². The zero-order valence-electron chi connectivity index (χ0n) is 19.6. The molecule has 0 bridgehead atoms. The second kappa shape index (κ2) is 10.8. The molecule has 2 fully saturated rings. The molecule has 2 saturated carbocycles. The van der Waals surface area contributed by atoms with E-state index < -0.39 is 0 Å². The van der Waals surface area contributed by atoms with Gasteiger partial charge >= 0.3 is 0 Å². The molecule has 2 aliphatic rings. The van der Waals surface area contributed by atoms with E-state index in [1.54, 1.807) is 24.3 Å². The van der Waals surface area contributed by atoms with Crippen LogP contribution in [0.3, 0.4) is 0 Å². The van der Waals surface area contributed by atoms with Crippen molar-refractivity contribution in [2.24, 2.45) is 0 Å². The number of hydrogen-bond donors (Lipinski definition) is 1. The van der Waals surface area contributed by atoms with E-state index in [-0.39, 0.29) is 23.9 Å². The Morgan fingerprint density at radius 1 is 0.800 bits per heavy atom. The van der Waals surface area contributed by atoms with Crippen molar-refractivity contribution in [3.8, 4) is 22.6 Å². The molecular weight excluding hydrogens is 509 g/mol. The van der Waals surface area contributed by atoms with Gasteiger partial charge in [-0.05, 0) is 121 Å². The van der Waals surface area contributed by atoms with Gasteiger partial charge < -0.3 is 14.8 Å². The third kappa shape index (κ3) is 5.87. The molecule has 0 aliphatic heterocycles.